The van der Waals surface area contributed by atoms with E-state index in [1.54, 1.807) is 0 Å². The second-order valence-electron chi connectivity index (χ2n) is 6.93. The monoisotopic (exact) mass is 397 g/mol. The molecule has 7 N–H and O–H groups in total. The summed E-state index contributed by atoms with van der Waals surface area (Å²) in [5, 5.41) is 21.0. The van der Waals surface area contributed by atoms with Crippen molar-refractivity contribution in [2.45, 2.75) is 51.2 Å². The lowest BCUT2D eigenvalue weighted by atomic mass is 9.92. The third-order valence-corrected chi connectivity index (χ3v) is 4.81. The van der Waals surface area contributed by atoms with Gasteiger partial charge in [0.2, 0.25) is 11.9 Å². The maximum absolute atomic E-state index is 11.2. The van der Waals surface area contributed by atoms with Crippen molar-refractivity contribution in [2.24, 2.45) is 0 Å². The van der Waals surface area contributed by atoms with Gasteiger partial charge in [-0.1, -0.05) is 56.5 Å². The molecule has 0 aliphatic heterocycles. The van der Waals surface area contributed by atoms with E-state index in [-0.39, 0.29) is 18.5 Å². The minimum atomic E-state index is -1.04. The molecule has 0 amide bonds. The summed E-state index contributed by atoms with van der Waals surface area (Å²) in [5.41, 5.74) is 13.2. The van der Waals surface area contributed by atoms with Gasteiger partial charge in [-0.15, -0.1) is 0 Å². The van der Waals surface area contributed by atoms with Crippen molar-refractivity contribution in [2.75, 3.05) is 11.5 Å². The highest BCUT2D eigenvalue weighted by Crippen LogP contribution is 2.35. The van der Waals surface area contributed by atoms with Gasteiger partial charge in [-0.2, -0.15) is 15.0 Å². The number of hydrogen-bond donors (Lipinski definition) is 5. The Hall–Kier alpha value is -3.04. The fourth-order valence-electron chi connectivity index (χ4n) is 3.35. The van der Waals surface area contributed by atoms with Gasteiger partial charge in [0, 0.05) is 5.56 Å². The van der Waals surface area contributed by atoms with E-state index >= 15 is 0 Å². The quantitative estimate of drug-likeness (QED) is 0.344. The molecule has 154 valence electrons. The highest BCUT2D eigenvalue weighted by Gasteiger charge is 2.30. The van der Waals surface area contributed by atoms with Crippen molar-refractivity contribution in [3.63, 3.8) is 0 Å². The van der Waals surface area contributed by atoms with Gasteiger partial charge in [0.15, 0.2) is 0 Å². The molecule has 29 heavy (non-hydrogen) atoms. The maximum atomic E-state index is 11.2. The number of nitrogens with two attached hydrogens (primary N) is 2. The van der Waals surface area contributed by atoms with Gasteiger partial charge in [-0.25, -0.2) is 4.98 Å². The SMILES string of the molecule is CCCCCC(c1nc(N)nc(N)n1)C(O)c1nc(-c2ccccc2)[nH]c1CO. The molecule has 1 aromatic carbocycles. The van der Waals surface area contributed by atoms with Gasteiger partial charge >= 0.3 is 0 Å². The van der Waals surface area contributed by atoms with E-state index in [4.69, 9.17) is 11.5 Å². The molecule has 0 radical (unpaired) electrons. The van der Waals surface area contributed by atoms with Crippen molar-refractivity contribution in [3.05, 3.63) is 47.5 Å². The number of aliphatic hydroxyl groups is 2. The van der Waals surface area contributed by atoms with Crippen molar-refractivity contribution in [3.8, 4) is 11.4 Å². The number of anilines is 2. The van der Waals surface area contributed by atoms with Gasteiger partial charge in [0.1, 0.15) is 17.8 Å². The average molecular weight is 397 g/mol. The summed E-state index contributed by atoms with van der Waals surface area (Å²) in [6.45, 7) is 1.82. The van der Waals surface area contributed by atoms with Crippen LogP contribution < -0.4 is 11.5 Å². The fourth-order valence-corrected chi connectivity index (χ4v) is 3.35. The number of nitrogen functional groups attached to an aromatic ring is 2. The molecule has 0 aliphatic rings. The Labute approximate surface area is 169 Å². The molecule has 0 bridgehead atoms. The molecule has 0 saturated heterocycles. The summed E-state index contributed by atoms with van der Waals surface area (Å²) in [7, 11) is 0. The van der Waals surface area contributed by atoms with Gasteiger partial charge in [-0.05, 0) is 6.42 Å². The Morgan fingerprint density at radius 2 is 1.69 bits per heavy atom. The topological polar surface area (TPSA) is 160 Å². The van der Waals surface area contributed by atoms with Crippen LogP contribution in [0.2, 0.25) is 0 Å². The minimum Gasteiger partial charge on any atom is -0.390 e. The van der Waals surface area contributed by atoms with Gasteiger partial charge in [0.25, 0.3) is 0 Å². The second kappa shape index (κ2) is 9.44. The predicted octanol–water partition coefficient (Wildman–Crippen LogP) is 2.32. The number of H-pyrrole nitrogens is 1. The molecule has 9 heteroatoms. The van der Waals surface area contributed by atoms with E-state index in [2.05, 4.69) is 31.8 Å². The minimum absolute atomic E-state index is 0.00887. The zero-order valence-electron chi connectivity index (χ0n) is 16.4. The Kier molecular flexibility index (Phi) is 6.73. The first kappa shape index (κ1) is 20.7. The Morgan fingerprint density at radius 1 is 1.00 bits per heavy atom. The van der Waals surface area contributed by atoms with E-state index in [9.17, 15) is 10.2 Å². The summed E-state index contributed by atoms with van der Waals surface area (Å²) >= 11 is 0. The molecule has 3 rings (SSSR count). The molecule has 2 atom stereocenters. The van der Waals surface area contributed by atoms with Crippen LogP contribution in [0.15, 0.2) is 30.3 Å². The summed E-state index contributed by atoms with van der Waals surface area (Å²) in [6, 6.07) is 9.52. The Bertz CT molecular complexity index is 910. The Balaban J connectivity index is 1.98. The summed E-state index contributed by atoms with van der Waals surface area (Å²) in [5.74, 6) is 0.438. The molecule has 0 fully saturated rings. The number of nitrogens with zero attached hydrogens (tertiary/aromatic N) is 4. The fraction of sp³-hybridized carbons (Fsp3) is 0.400. The highest BCUT2D eigenvalue weighted by atomic mass is 16.3. The van der Waals surface area contributed by atoms with Crippen LogP contribution in [0.5, 0.6) is 0 Å². The number of rotatable bonds is 9. The number of unbranched alkanes of at least 4 members (excludes halogenated alkanes) is 2. The van der Waals surface area contributed by atoms with Crippen LogP contribution in [-0.4, -0.2) is 35.1 Å². The van der Waals surface area contributed by atoms with Crippen LogP contribution in [0, 0.1) is 0 Å². The van der Waals surface area contributed by atoms with Crippen LogP contribution in [0.3, 0.4) is 0 Å². The molecule has 0 saturated carbocycles. The lowest BCUT2D eigenvalue weighted by Crippen LogP contribution is -2.18. The number of nitrogens with one attached hydrogen (secondary N) is 1. The number of aromatic amines is 1. The van der Waals surface area contributed by atoms with Crippen molar-refractivity contribution in [1.82, 2.24) is 24.9 Å². The Morgan fingerprint density at radius 3 is 2.31 bits per heavy atom. The molecule has 0 aliphatic carbocycles. The van der Waals surface area contributed by atoms with Crippen LogP contribution in [0.4, 0.5) is 11.9 Å². The van der Waals surface area contributed by atoms with Crippen LogP contribution in [0.1, 0.15) is 61.8 Å². The zero-order chi connectivity index (χ0) is 20.8. The number of aromatic nitrogens is 5. The second-order valence-corrected chi connectivity index (χ2v) is 6.93. The number of aliphatic hydroxyl groups excluding tert-OH is 2. The number of hydrogen-bond acceptors (Lipinski definition) is 8. The molecule has 0 spiro atoms. The van der Waals surface area contributed by atoms with Crippen molar-refractivity contribution < 1.29 is 10.2 Å². The maximum Gasteiger partial charge on any atom is 0.225 e. The highest BCUT2D eigenvalue weighted by molar-refractivity contribution is 5.55. The zero-order valence-corrected chi connectivity index (χ0v) is 16.4. The molecule has 2 aromatic heterocycles. The van der Waals surface area contributed by atoms with E-state index in [1.165, 1.54) is 0 Å². The normalized spacial score (nSPS) is 13.3. The lowest BCUT2D eigenvalue weighted by molar-refractivity contribution is 0.127. The third kappa shape index (κ3) is 4.87. The summed E-state index contributed by atoms with van der Waals surface area (Å²) < 4.78 is 0. The van der Waals surface area contributed by atoms with Crippen LogP contribution >= 0.6 is 0 Å². The number of benzene rings is 1. The van der Waals surface area contributed by atoms with Crippen LogP contribution in [0.25, 0.3) is 11.4 Å². The molecule has 3 aromatic rings. The smallest absolute Gasteiger partial charge is 0.225 e. The van der Waals surface area contributed by atoms with E-state index in [0.717, 1.165) is 24.8 Å². The molecular formula is C20H27N7O2. The summed E-state index contributed by atoms with van der Waals surface area (Å²) in [6.07, 6.45) is 2.49. The van der Waals surface area contributed by atoms with Crippen molar-refractivity contribution in [1.29, 1.82) is 0 Å². The summed E-state index contributed by atoms with van der Waals surface area (Å²) in [4.78, 5) is 19.9. The first-order valence-electron chi connectivity index (χ1n) is 9.73. The van der Waals surface area contributed by atoms with E-state index < -0.39 is 12.0 Å². The van der Waals surface area contributed by atoms with Gasteiger partial charge < -0.3 is 26.7 Å². The first-order valence-corrected chi connectivity index (χ1v) is 9.73. The van der Waals surface area contributed by atoms with E-state index in [0.29, 0.717) is 29.5 Å². The first-order chi connectivity index (χ1) is 14.0. The standard InChI is InChI=1S/C20H27N7O2/c1-2-3-5-10-13(18-25-19(21)27-20(22)26-18)16(29)15-14(11-28)23-17(24-15)12-8-6-4-7-9-12/h4,6-9,13,16,28-29H,2-3,5,10-11H2,1H3,(H,23,24)(H4,21,22,25,26,27). The van der Waals surface area contributed by atoms with Gasteiger partial charge in [0.05, 0.1) is 23.9 Å². The van der Waals surface area contributed by atoms with Crippen LogP contribution in [-0.2, 0) is 6.61 Å². The van der Waals surface area contributed by atoms with E-state index in [1.807, 2.05) is 30.3 Å². The molecule has 2 unspecified atom stereocenters. The predicted molar refractivity (Wildman–Crippen MR) is 110 cm³/mol. The third-order valence-electron chi connectivity index (χ3n) is 4.81. The largest absolute Gasteiger partial charge is 0.390 e. The van der Waals surface area contributed by atoms with Crippen molar-refractivity contribution >= 4 is 11.9 Å². The average Bonchev–Trinajstić information content (AvgIpc) is 3.15. The lowest BCUT2D eigenvalue weighted by Gasteiger charge is -2.21. The van der Waals surface area contributed by atoms with Gasteiger partial charge in [-0.3, -0.25) is 0 Å². The number of imidazole rings is 1. The molecular weight excluding hydrogens is 370 g/mol. The molecule has 2 heterocycles. The molecule has 9 nitrogen and oxygen atoms in total.